The van der Waals surface area contributed by atoms with Crippen LogP contribution in [0, 0.1) is 0 Å². The lowest BCUT2D eigenvalue weighted by Crippen LogP contribution is -2.19. The molecular weight excluding hydrogens is 402 g/mol. The van der Waals surface area contributed by atoms with Crippen LogP contribution >= 0.6 is 27.7 Å². The Morgan fingerprint density at radius 3 is 2.68 bits per heavy atom. The van der Waals surface area contributed by atoms with E-state index in [1.807, 2.05) is 30.3 Å². The van der Waals surface area contributed by atoms with E-state index in [2.05, 4.69) is 31.6 Å². The summed E-state index contributed by atoms with van der Waals surface area (Å²) in [5.74, 6) is -0.293. The smallest absolute Gasteiger partial charge is 0.264 e. The maximum absolute atomic E-state index is 12.1. The first-order valence-electron chi connectivity index (χ1n) is 7.42. The van der Waals surface area contributed by atoms with Crippen molar-refractivity contribution in [1.29, 1.82) is 0 Å². The molecule has 1 fully saturated rings. The minimum Gasteiger partial charge on any atom is -0.326 e. The van der Waals surface area contributed by atoms with Crippen molar-refractivity contribution in [3.05, 3.63) is 63.5 Å². The molecule has 5 nitrogen and oxygen atoms in total. The quantitative estimate of drug-likeness (QED) is 0.734. The highest BCUT2D eigenvalue weighted by Gasteiger charge is 2.23. The SMILES string of the molecule is CC(=O)Nc1ccc(N=C2NC(=O)C(=Cc3cccc(Br)c3)S2)cc1. The molecule has 0 atom stereocenters. The fourth-order valence-electron chi connectivity index (χ4n) is 2.17. The highest BCUT2D eigenvalue weighted by molar-refractivity contribution is 9.10. The number of anilines is 1. The fourth-order valence-corrected chi connectivity index (χ4v) is 3.43. The molecular formula is C18H14BrN3O2S. The third kappa shape index (κ3) is 4.80. The Labute approximate surface area is 157 Å². The number of hydrogen-bond donors (Lipinski definition) is 2. The van der Waals surface area contributed by atoms with Gasteiger partial charge in [-0.05, 0) is 59.8 Å². The van der Waals surface area contributed by atoms with E-state index in [4.69, 9.17) is 0 Å². The Morgan fingerprint density at radius 1 is 1.24 bits per heavy atom. The van der Waals surface area contributed by atoms with Gasteiger partial charge in [0.05, 0.1) is 10.6 Å². The van der Waals surface area contributed by atoms with Crippen LogP contribution in [-0.2, 0) is 9.59 Å². The molecule has 0 unspecified atom stereocenters. The van der Waals surface area contributed by atoms with Crippen LogP contribution < -0.4 is 10.6 Å². The van der Waals surface area contributed by atoms with Crippen molar-refractivity contribution >= 4 is 62.1 Å². The zero-order valence-electron chi connectivity index (χ0n) is 13.2. The first-order valence-corrected chi connectivity index (χ1v) is 9.03. The number of rotatable bonds is 3. The number of amides is 2. The molecule has 2 aromatic rings. The molecule has 7 heteroatoms. The summed E-state index contributed by atoms with van der Waals surface area (Å²) in [6.07, 6.45) is 1.83. The van der Waals surface area contributed by atoms with Crippen LogP contribution in [-0.4, -0.2) is 17.0 Å². The van der Waals surface area contributed by atoms with E-state index in [0.29, 0.717) is 21.4 Å². The highest BCUT2D eigenvalue weighted by atomic mass is 79.9. The minimum atomic E-state index is -0.168. The van der Waals surface area contributed by atoms with E-state index in [-0.39, 0.29) is 11.8 Å². The Bertz CT molecular complexity index is 891. The predicted molar refractivity (Wildman–Crippen MR) is 106 cm³/mol. The maximum Gasteiger partial charge on any atom is 0.264 e. The molecule has 3 rings (SSSR count). The van der Waals surface area contributed by atoms with Crippen LogP contribution in [0.15, 0.2) is 62.9 Å². The molecule has 0 aliphatic carbocycles. The average molecular weight is 416 g/mol. The third-order valence-electron chi connectivity index (χ3n) is 3.22. The Kier molecular flexibility index (Phi) is 5.35. The van der Waals surface area contributed by atoms with Gasteiger partial charge >= 0.3 is 0 Å². The standard InChI is InChI=1S/C18H14BrN3O2S/c1-11(23)20-14-5-7-15(8-6-14)21-18-22-17(24)16(25-18)10-12-3-2-4-13(19)9-12/h2-10H,1H3,(H,20,23)(H,21,22,24). The van der Waals surface area contributed by atoms with E-state index in [0.717, 1.165) is 10.0 Å². The van der Waals surface area contributed by atoms with Gasteiger partial charge in [0.1, 0.15) is 0 Å². The van der Waals surface area contributed by atoms with Gasteiger partial charge < -0.3 is 10.6 Å². The van der Waals surface area contributed by atoms with Crippen molar-refractivity contribution < 1.29 is 9.59 Å². The molecule has 0 bridgehead atoms. The molecule has 0 aromatic heterocycles. The molecule has 2 N–H and O–H groups in total. The van der Waals surface area contributed by atoms with Crippen molar-refractivity contribution in [2.75, 3.05) is 5.32 Å². The second-order valence-electron chi connectivity index (χ2n) is 5.26. The number of hydrogen-bond acceptors (Lipinski definition) is 4. The van der Waals surface area contributed by atoms with Crippen LogP contribution in [0.25, 0.3) is 6.08 Å². The number of benzene rings is 2. The molecule has 0 radical (unpaired) electrons. The molecule has 1 aliphatic heterocycles. The van der Waals surface area contributed by atoms with Gasteiger partial charge in [0, 0.05) is 17.1 Å². The summed E-state index contributed by atoms with van der Waals surface area (Å²) in [5.41, 5.74) is 2.34. The molecule has 2 amide bonds. The van der Waals surface area contributed by atoms with Crippen LogP contribution in [0.1, 0.15) is 12.5 Å². The summed E-state index contributed by atoms with van der Waals surface area (Å²) in [6, 6.07) is 14.8. The molecule has 0 saturated carbocycles. The summed E-state index contributed by atoms with van der Waals surface area (Å²) < 4.78 is 0.957. The number of carbonyl (C=O) groups excluding carboxylic acids is 2. The second-order valence-corrected chi connectivity index (χ2v) is 7.21. The van der Waals surface area contributed by atoms with Gasteiger partial charge in [-0.15, -0.1) is 0 Å². The van der Waals surface area contributed by atoms with E-state index < -0.39 is 0 Å². The fraction of sp³-hybridized carbons (Fsp3) is 0.0556. The lowest BCUT2D eigenvalue weighted by atomic mass is 10.2. The normalized spacial score (nSPS) is 17.0. The van der Waals surface area contributed by atoms with Gasteiger partial charge in [0.2, 0.25) is 5.91 Å². The van der Waals surface area contributed by atoms with Crippen molar-refractivity contribution in [2.45, 2.75) is 6.92 Å². The third-order valence-corrected chi connectivity index (χ3v) is 4.62. The number of carbonyl (C=O) groups is 2. The molecule has 2 aromatic carbocycles. The first-order chi connectivity index (χ1) is 12.0. The van der Waals surface area contributed by atoms with Gasteiger partial charge in [-0.25, -0.2) is 4.99 Å². The molecule has 0 spiro atoms. The zero-order chi connectivity index (χ0) is 17.8. The van der Waals surface area contributed by atoms with Crippen molar-refractivity contribution in [2.24, 2.45) is 4.99 Å². The number of halogens is 1. The number of amidine groups is 1. The molecule has 1 heterocycles. The second kappa shape index (κ2) is 7.67. The number of aliphatic imine (C=N–C) groups is 1. The topological polar surface area (TPSA) is 70.6 Å². The number of nitrogens with zero attached hydrogens (tertiary/aromatic N) is 1. The van der Waals surface area contributed by atoms with Crippen molar-refractivity contribution in [1.82, 2.24) is 5.32 Å². The average Bonchev–Trinajstić information content (AvgIpc) is 2.88. The lowest BCUT2D eigenvalue weighted by molar-refractivity contribution is -0.115. The van der Waals surface area contributed by atoms with Gasteiger partial charge in [-0.2, -0.15) is 0 Å². The molecule has 1 saturated heterocycles. The van der Waals surface area contributed by atoms with E-state index in [1.165, 1.54) is 18.7 Å². The van der Waals surface area contributed by atoms with E-state index >= 15 is 0 Å². The van der Waals surface area contributed by atoms with Gasteiger partial charge in [-0.3, -0.25) is 9.59 Å². The highest BCUT2D eigenvalue weighted by Crippen LogP contribution is 2.28. The van der Waals surface area contributed by atoms with Crippen LogP contribution in [0.2, 0.25) is 0 Å². The van der Waals surface area contributed by atoms with Crippen molar-refractivity contribution in [3.8, 4) is 0 Å². The zero-order valence-corrected chi connectivity index (χ0v) is 15.6. The first kappa shape index (κ1) is 17.4. The largest absolute Gasteiger partial charge is 0.326 e. The Morgan fingerprint density at radius 2 is 2.00 bits per heavy atom. The summed E-state index contributed by atoms with van der Waals surface area (Å²) in [5, 5.41) is 5.98. The van der Waals surface area contributed by atoms with Crippen LogP contribution in [0.3, 0.4) is 0 Å². The van der Waals surface area contributed by atoms with Crippen molar-refractivity contribution in [3.63, 3.8) is 0 Å². The maximum atomic E-state index is 12.1. The lowest BCUT2D eigenvalue weighted by Gasteiger charge is -2.02. The molecule has 126 valence electrons. The van der Waals surface area contributed by atoms with Gasteiger partial charge in [-0.1, -0.05) is 28.1 Å². The number of nitrogens with one attached hydrogen (secondary N) is 2. The van der Waals surface area contributed by atoms with Crippen LogP contribution in [0.5, 0.6) is 0 Å². The summed E-state index contributed by atoms with van der Waals surface area (Å²) in [7, 11) is 0. The number of thioether (sulfide) groups is 1. The monoisotopic (exact) mass is 415 g/mol. The van der Waals surface area contributed by atoms with E-state index in [1.54, 1.807) is 24.3 Å². The Hall–Kier alpha value is -2.38. The van der Waals surface area contributed by atoms with E-state index in [9.17, 15) is 9.59 Å². The summed E-state index contributed by atoms with van der Waals surface area (Å²) in [4.78, 5) is 28.1. The minimum absolute atomic E-state index is 0.125. The molecule has 1 aliphatic rings. The summed E-state index contributed by atoms with van der Waals surface area (Å²) in [6.45, 7) is 1.46. The predicted octanol–water partition coefficient (Wildman–Crippen LogP) is 4.30. The summed E-state index contributed by atoms with van der Waals surface area (Å²) >= 11 is 4.71. The Balaban J connectivity index is 1.75. The van der Waals surface area contributed by atoms with Crippen LogP contribution in [0.4, 0.5) is 11.4 Å². The molecule has 25 heavy (non-hydrogen) atoms. The van der Waals surface area contributed by atoms with Gasteiger partial charge in [0.25, 0.3) is 5.91 Å². The van der Waals surface area contributed by atoms with Gasteiger partial charge in [0.15, 0.2) is 5.17 Å².